The van der Waals surface area contributed by atoms with Crippen molar-refractivity contribution < 1.29 is 4.48 Å². The maximum absolute atomic E-state index is 2.46. The summed E-state index contributed by atoms with van der Waals surface area (Å²) in [5.74, 6) is 1.03. The van der Waals surface area contributed by atoms with Crippen molar-refractivity contribution >= 4 is 0 Å². The van der Waals surface area contributed by atoms with Crippen molar-refractivity contribution in [3.63, 3.8) is 0 Å². The summed E-state index contributed by atoms with van der Waals surface area (Å²) in [6.07, 6.45) is 4.45. The summed E-state index contributed by atoms with van der Waals surface area (Å²) in [6, 6.07) is 10.1. The van der Waals surface area contributed by atoms with E-state index in [1.807, 2.05) is 0 Å². The summed E-state index contributed by atoms with van der Waals surface area (Å²) in [5.41, 5.74) is 2.88. The monoisotopic (exact) mass is 216 g/mol. The highest BCUT2D eigenvalue weighted by Gasteiger charge is 2.48. The van der Waals surface area contributed by atoms with Crippen LogP contribution < -0.4 is 0 Å². The summed E-state index contributed by atoms with van der Waals surface area (Å²) >= 11 is 0. The molecule has 0 radical (unpaired) electrons. The molecule has 0 aromatic heterocycles. The van der Waals surface area contributed by atoms with Crippen molar-refractivity contribution in [3.05, 3.63) is 35.4 Å². The van der Waals surface area contributed by atoms with E-state index >= 15 is 0 Å². The second kappa shape index (κ2) is 3.59. The number of quaternary nitrogens is 1. The van der Waals surface area contributed by atoms with Gasteiger partial charge in [0.2, 0.25) is 0 Å². The Balaban J connectivity index is 1.77. The van der Waals surface area contributed by atoms with Crippen LogP contribution in [-0.4, -0.2) is 24.1 Å². The third-order valence-electron chi connectivity index (χ3n) is 4.73. The van der Waals surface area contributed by atoms with Gasteiger partial charge < -0.3 is 4.48 Å². The van der Waals surface area contributed by atoms with E-state index in [-0.39, 0.29) is 0 Å². The van der Waals surface area contributed by atoms with Crippen LogP contribution in [0.15, 0.2) is 24.3 Å². The van der Waals surface area contributed by atoms with Gasteiger partial charge in [-0.25, -0.2) is 0 Å². The van der Waals surface area contributed by atoms with Gasteiger partial charge in [-0.2, -0.15) is 0 Å². The van der Waals surface area contributed by atoms with Crippen LogP contribution in [0.3, 0.4) is 0 Å². The van der Waals surface area contributed by atoms with E-state index in [1.165, 1.54) is 48.0 Å². The lowest BCUT2D eigenvalue weighted by atomic mass is 10.1. The summed E-state index contributed by atoms with van der Waals surface area (Å²) in [4.78, 5) is 0. The highest BCUT2D eigenvalue weighted by Crippen LogP contribution is 2.42. The maximum Gasteiger partial charge on any atom is 0.104 e. The summed E-state index contributed by atoms with van der Waals surface area (Å²) < 4.78 is 1.30. The largest absolute Gasteiger partial charge is 0.320 e. The Labute approximate surface area is 98.7 Å². The molecule has 0 amide bonds. The van der Waals surface area contributed by atoms with Crippen molar-refractivity contribution in [1.29, 1.82) is 0 Å². The number of likely N-dealkylation sites (tertiary alicyclic amines) is 1. The molecule has 2 unspecified atom stereocenters. The van der Waals surface area contributed by atoms with Crippen molar-refractivity contribution in [2.75, 3.05) is 13.6 Å². The molecule has 16 heavy (non-hydrogen) atoms. The van der Waals surface area contributed by atoms with Crippen LogP contribution in [0.25, 0.3) is 0 Å². The van der Waals surface area contributed by atoms with E-state index in [1.54, 1.807) is 0 Å². The van der Waals surface area contributed by atoms with Crippen molar-refractivity contribution in [2.45, 2.75) is 38.8 Å². The highest BCUT2D eigenvalue weighted by atomic mass is 15.4. The Morgan fingerprint density at radius 2 is 1.94 bits per heavy atom. The van der Waals surface area contributed by atoms with E-state index in [0.717, 1.165) is 12.0 Å². The standard InChI is InChI=1S/C15H22N/c1-12-3-5-13(6-4-12)10-16(2)11-14-7-8-15(16)9-14/h3-6,14-15H,7-11H2,1-2H3/q+1/t14?,15?,16-/m1/s1. The van der Waals surface area contributed by atoms with Gasteiger partial charge in [0.1, 0.15) is 6.54 Å². The van der Waals surface area contributed by atoms with Crippen molar-refractivity contribution in [1.82, 2.24) is 0 Å². The second-order valence-electron chi connectivity index (χ2n) is 6.14. The molecule has 2 aliphatic rings. The van der Waals surface area contributed by atoms with E-state index in [2.05, 4.69) is 38.2 Å². The second-order valence-corrected chi connectivity index (χ2v) is 6.14. The minimum Gasteiger partial charge on any atom is -0.320 e. The van der Waals surface area contributed by atoms with Crippen LogP contribution in [0.4, 0.5) is 0 Å². The average Bonchev–Trinajstić information content (AvgIpc) is 2.81. The van der Waals surface area contributed by atoms with E-state index in [4.69, 9.17) is 0 Å². The van der Waals surface area contributed by atoms with Crippen molar-refractivity contribution in [3.8, 4) is 0 Å². The Hall–Kier alpha value is -0.820. The minimum absolute atomic E-state index is 0.950. The molecule has 1 aromatic rings. The fraction of sp³-hybridized carbons (Fsp3) is 0.600. The summed E-state index contributed by atoms with van der Waals surface area (Å²) in [5, 5.41) is 0. The molecule has 2 fully saturated rings. The van der Waals surface area contributed by atoms with E-state index < -0.39 is 0 Å². The predicted octanol–water partition coefficient (Wildman–Crippen LogP) is 3.12. The molecule has 1 aliphatic heterocycles. The molecule has 1 heteroatoms. The van der Waals surface area contributed by atoms with Gasteiger partial charge in [0.15, 0.2) is 0 Å². The van der Waals surface area contributed by atoms with Gasteiger partial charge in [-0.3, -0.25) is 0 Å². The molecule has 1 saturated heterocycles. The van der Waals surface area contributed by atoms with Crippen LogP contribution in [-0.2, 0) is 6.54 Å². The van der Waals surface area contributed by atoms with Gasteiger partial charge in [0.05, 0.1) is 19.6 Å². The number of nitrogens with zero attached hydrogens (tertiary/aromatic N) is 1. The van der Waals surface area contributed by atoms with Gasteiger partial charge >= 0.3 is 0 Å². The number of hydrogen-bond donors (Lipinski definition) is 0. The van der Waals surface area contributed by atoms with Crippen molar-refractivity contribution in [2.24, 2.45) is 5.92 Å². The third-order valence-corrected chi connectivity index (χ3v) is 4.73. The molecule has 0 N–H and O–H groups in total. The Morgan fingerprint density at radius 3 is 2.50 bits per heavy atom. The van der Waals surface area contributed by atoms with Gasteiger partial charge in [-0.1, -0.05) is 29.8 Å². The van der Waals surface area contributed by atoms with E-state index in [9.17, 15) is 0 Å². The molecular formula is C15H22N+. The van der Waals surface area contributed by atoms with Crippen LogP contribution in [0.5, 0.6) is 0 Å². The number of benzene rings is 1. The zero-order valence-electron chi connectivity index (χ0n) is 10.4. The minimum atomic E-state index is 0.950. The zero-order valence-corrected chi connectivity index (χ0v) is 10.4. The first-order valence-corrected chi connectivity index (χ1v) is 6.55. The zero-order chi connectivity index (χ0) is 11.2. The molecule has 3 atom stereocenters. The molecular weight excluding hydrogens is 194 g/mol. The molecule has 0 spiro atoms. The predicted molar refractivity (Wildman–Crippen MR) is 67.1 cm³/mol. The number of fused-ring (bicyclic) bond motifs is 2. The molecule has 1 aromatic carbocycles. The SMILES string of the molecule is Cc1ccc(C[N@+]2(C)CC3CCC2C3)cc1. The highest BCUT2D eigenvalue weighted by molar-refractivity contribution is 5.20. The molecule has 1 saturated carbocycles. The van der Waals surface area contributed by atoms with Gasteiger partial charge in [0.25, 0.3) is 0 Å². The molecule has 1 heterocycles. The quantitative estimate of drug-likeness (QED) is 0.666. The lowest BCUT2D eigenvalue weighted by Gasteiger charge is -2.38. The molecule has 3 rings (SSSR count). The van der Waals surface area contributed by atoms with Gasteiger partial charge in [0, 0.05) is 17.9 Å². The Bertz CT molecular complexity index is 381. The first-order chi connectivity index (χ1) is 7.66. The Morgan fingerprint density at radius 1 is 1.19 bits per heavy atom. The van der Waals surface area contributed by atoms with Crippen LogP contribution >= 0.6 is 0 Å². The van der Waals surface area contributed by atoms with Gasteiger partial charge in [-0.05, 0) is 19.8 Å². The van der Waals surface area contributed by atoms with Crippen LogP contribution in [0.1, 0.15) is 30.4 Å². The molecule has 1 aliphatic carbocycles. The topological polar surface area (TPSA) is 0 Å². The molecule has 86 valence electrons. The maximum atomic E-state index is 2.46. The fourth-order valence-corrected chi connectivity index (χ4v) is 3.82. The van der Waals surface area contributed by atoms with Crippen LogP contribution in [0.2, 0.25) is 0 Å². The summed E-state index contributed by atoms with van der Waals surface area (Å²) in [7, 11) is 2.46. The fourth-order valence-electron chi connectivity index (χ4n) is 3.82. The van der Waals surface area contributed by atoms with Crippen LogP contribution in [0, 0.1) is 12.8 Å². The first-order valence-electron chi connectivity index (χ1n) is 6.55. The number of aryl methyl sites for hydroxylation is 1. The van der Waals surface area contributed by atoms with Gasteiger partial charge in [-0.15, -0.1) is 0 Å². The third kappa shape index (κ3) is 1.67. The number of rotatable bonds is 2. The molecule has 1 nitrogen and oxygen atoms in total. The first kappa shape index (κ1) is 10.3. The number of hydrogen-bond acceptors (Lipinski definition) is 0. The molecule has 2 bridgehead atoms. The lowest BCUT2D eigenvalue weighted by Crippen LogP contribution is -2.49. The normalized spacial score (nSPS) is 36.9. The average molecular weight is 216 g/mol. The van der Waals surface area contributed by atoms with E-state index in [0.29, 0.717) is 0 Å². The smallest absolute Gasteiger partial charge is 0.104 e. The lowest BCUT2D eigenvalue weighted by molar-refractivity contribution is -0.938. The number of piperidine rings is 1. The Kier molecular flexibility index (Phi) is 2.32. The summed E-state index contributed by atoms with van der Waals surface area (Å²) in [6.45, 7) is 4.82.